The molecule has 3 rings (SSSR count). The molecule has 0 bridgehead atoms. The van der Waals surface area contributed by atoms with Crippen molar-refractivity contribution in [1.29, 1.82) is 0 Å². The fourth-order valence-corrected chi connectivity index (χ4v) is 3.80. The lowest BCUT2D eigenvalue weighted by Crippen LogP contribution is -2.59. The zero-order valence-corrected chi connectivity index (χ0v) is 12.1. The summed E-state index contributed by atoms with van der Waals surface area (Å²) < 4.78 is 20.0. The summed E-state index contributed by atoms with van der Waals surface area (Å²) in [4.78, 5) is 0. The van der Waals surface area contributed by atoms with Gasteiger partial charge in [0.1, 0.15) is 6.10 Å². The minimum Gasteiger partial charge on any atom is -0.487 e. The first kappa shape index (κ1) is 13.9. The Morgan fingerprint density at radius 2 is 1.90 bits per heavy atom. The van der Waals surface area contributed by atoms with Crippen LogP contribution in [0.4, 0.5) is 4.39 Å². The molecule has 3 heteroatoms. The van der Waals surface area contributed by atoms with Crippen LogP contribution in [0.3, 0.4) is 0 Å². The van der Waals surface area contributed by atoms with Gasteiger partial charge in [0.25, 0.3) is 0 Å². The molecule has 2 atom stereocenters. The zero-order valence-electron chi connectivity index (χ0n) is 12.1. The fourth-order valence-electron chi connectivity index (χ4n) is 3.80. The molecule has 0 amide bonds. The summed E-state index contributed by atoms with van der Waals surface area (Å²) in [7, 11) is 0. The van der Waals surface area contributed by atoms with Gasteiger partial charge in [-0.15, -0.1) is 0 Å². The highest BCUT2D eigenvalue weighted by Crippen LogP contribution is 2.52. The van der Waals surface area contributed by atoms with Crippen LogP contribution >= 0.6 is 0 Å². The van der Waals surface area contributed by atoms with Gasteiger partial charge in [-0.2, -0.15) is 0 Å². The monoisotopic (exact) mass is 278 g/mol. The van der Waals surface area contributed by atoms with E-state index in [2.05, 4.69) is 0 Å². The van der Waals surface area contributed by atoms with Crippen molar-refractivity contribution < 1.29 is 14.2 Å². The van der Waals surface area contributed by atoms with Crippen LogP contribution in [0.2, 0.25) is 0 Å². The second kappa shape index (κ2) is 5.36. The maximum atomic E-state index is 14.1. The standard InChI is InChI=1S/C17H23FO2/c1-12-7-6-8-13(16(12)18)20-15-11-14(19)17(15)9-4-2-3-5-10-17/h6-8,14-15,19H,2-5,9-11H2,1H3. The average molecular weight is 278 g/mol. The first-order chi connectivity index (χ1) is 9.63. The molecule has 2 saturated carbocycles. The highest BCUT2D eigenvalue weighted by atomic mass is 19.1. The summed E-state index contributed by atoms with van der Waals surface area (Å²) in [6, 6.07) is 5.26. The molecule has 0 aromatic heterocycles. The van der Waals surface area contributed by atoms with Gasteiger partial charge in [0, 0.05) is 11.8 Å². The number of rotatable bonds is 2. The van der Waals surface area contributed by atoms with Gasteiger partial charge in [-0.1, -0.05) is 37.8 Å². The van der Waals surface area contributed by atoms with Gasteiger partial charge in [0.2, 0.25) is 0 Å². The molecule has 20 heavy (non-hydrogen) atoms. The van der Waals surface area contributed by atoms with Crippen molar-refractivity contribution in [3.63, 3.8) is 0 Å². The van der Waals surface area contributed by atoms with E-state index in [1.807, 2.05) is 6.07 Å². The van der Waals surface area contributed by atoms with Crippen molar-refractivity contribution in [2.75, 3.05) is 0 Å². The molecule has 2 unspecified atom stereocenters. The number of halogens is 1. The first-order valence-electron chi connectivity index (χ1n) is 7.73. The quantitative estimate of drug-likeness (QED) is 0.886. The highest BCUT2D eigenvalue weighted by molar-refractivity contribution is 5.31. The van der Waals surface area contributed by atoms with E-state index in [1.54, 1.807) is 19.1 Å². The van der Waals surface area contributed by atoms with E-state index in [0.29, 0.717) is 17.7 Å². The topological polar surface area (TPSA) is 29.5 Å². The van der Waals surface area contributed by atoms with Gasteiger partial charge >= 0.3 is 0 Å². The number of hydrogen-bond acceptors (Lipinski definition) is 2. The predicted molar refractivity (Wildman–Crippen MR) is 76.3 cm³/mol. The van der Waals surface area contributed by atoms with Gasteiger partial charge in [0.05, 0.1) is 6.10 Å². The van der Waals surface area contributed by atoms with Gasteiger partial charge < -0.3 is 9.84 Å². The molecule has 2 aliphatic rings. The van der Waals surface area contributed by atoms with Crippen LogP contribution in [-0.2, 0) is 0 Å². The molecule has 0 radical (unpaired) electrons. The Bertz CT molecular complexity index is 478. The Hall–Kier alpha value is -1.09. The third-order valence-corrected chi connectivity index (χ3v) is 5.20. The summed E-state index contributed by atoms with van der Waals surface area (Å²) in [5, 5.41) is 10.2. The van der Waals surface area contributed by atoms with Gasteiger partial charge in [-0.25, -0.2) is 4.39 Å². The highest BCUT2D eigenvalue weighted by Gasteiger charge is 2.55. The van der Waals surface area contributed by atoms with Crippen molar-refractivity contribution in [1.82, 2.24) is 0 Å². The second-order valence-corrected chi connectivity index (χ2v) is 6.39. The molecule has 1 aromatic rings. The number of benzene rings is 1. The van der Waals surface area contributed by atoms with Crippen molar-refractivity contribution in [2.45, 2.75) is 64.1 Å². The summed E-state index contributed by atoms with van der Waals surface area (Å²) in [5.74, 6) is 0.0724. The molecule has 2 aliphatic carbocycles. The van der Waals surface area contributed by atoms with E-state index in [9.17, 15) is 9.50 Å². The first-order valence-corrected chi connectivity index (χ1v) is 7.73. The number of aliphatic hydroxyl groups is 1. The van der Waals surface area contributed by atoms with E-state index < -0.39 is 0 Å². The summed E-state index contributed by atoms with van der Waals surface area (Å²) >= 11 is 0. The maximum absolute atomic E-state index is 14.1. The molecule has 1 N–H and O–H groups in total. The lowest BCUT2D eigenvalue weighted by atomic mass is 9.59. The van der Waals surface area contributed by atoms with E-state index in [0.717, 1.165) is 25.7 Å². The van der Waals surface area contributed by atoms with E-state index in [1.165, 1.54) is 12.8 Å². The van der Waals surface area contributed by atoms with Crippen LogP contribution in [0.25, 0.3) is 0 Å². The normalized spacial score (nSPS) is 28.8. The van der Waals surface area contributed by atoms with Crippen molar-refractivity contribution in [3.8, 4) is 5.75 Å². The molecular formula is C17H23FO2. The van der Waals surface area contributed by atoms with Crippen LogP contribution in [0.1, 0.15) is 50.5 Å². The fraction of sp³-hybridized carbons (Fsp3) is 0.647. The molecule has 2 nitrogen and oxygen atoms in total. The minimum absolute atomic E-state index is 0.0353. The van der Waals surface area contributed by atoms with Crippen molar-refractivity contribution >= 4 is 0 Å². The largest absolute Gasteiger partial charge is 0.487 e. The zero-order chi connectivity index (χ0) is 14.2. The number of aryl methyl sites for hydroxylation is 1. The Morgan fingerprint density at radius 1 is 1.20 bits per heavy atom. The van der Waals surface area contributed by atoms with Crippen LogP contribution < -0.4 is 4.74 Å². The van der Waals surface area contributed by atoms with E-state index in [4.69, 9.17) is 4.74 Å². The molecule has 0 heterocycles. The number of ether oxygens (including phenoxy) is 1. The Morgan fingerprint density at radius 3 is 2.55 bits per heavy atom. The molecule has 110 valence electrons. The lowest BCUT2D eigenvalue weighted by Gasteiger charge is -2.53. The van der Waals surface area contributed by atoms with Crippen LogP contribution in [0, 0.1) is 18.2 Å². The molecule has 1 aromatic carbocycles. The second-order valence-electron chi connectivity index (χ2n) is 6.39. The molecule has 0 aliphatic heterocycles. The van der Waals surface area contributed by atoms with Gasteiger partial charge in [-0.05, 0) is 31.4 Å². The van der Waals surface area contributed by atoms with Crippen LogP contribution in [-0.4, -0.2) is 17.3 Å². The molecule has 2 fully saturated rings. The Labute approximate surface area is 120 Å². The van der Waals surface area contributed by atoms with Crippen LogP contribution in [0.15, 0.2) is 18.2 Å². The maximum Gasteiger partial charge on any atom is 0.167 e. The summed E-state index contributed by atoms with van der Waals surface area (Å²) in [6.45, 7) is 1.75. The summed E-state index contributed by atoms with van der Waals surface area (Å²) in [5.41, 5.74) is 0.476. The van der Waals surface area contributed by atoms with Crippen molar-refractivity contribution in [2.24, 2.45) is 5.41 Å². The van der Waals surface area contributed by atoms with Gasteiger partial charge in [-0.3, -0.25) is 0 Å². The van der Waals surface area contributed by atoms with E-state index in [-0.39, 0.29) is 23.4 Å². The van der Waals surface area contributed by atoms with Gasteiger partial charge in [0.15, 0.2) is 11.6 Å². The number of hydrogen-bond donors (Lipinski definition) is 1. The predicted octanol–water partition coefficient (Wildman–Crippen LogP) is 3.99. The van der Waals surface area contributed by atoms with Crippen molar-refractivity contribution in [3.05, 3.63) is 29.6 Å². The SMILES string of the molecule is Cc1cccc(OC2CC(O)C23CCCCCC3)c1F. The Balaban J connectivity index is 1.78. The summed E-state index contributed by atoms with van der Waals surface area (Å²) in [6.07, 6.45) is 7.09. The molecule has 0 saturated heterocycles. The Kier molecular flexibility index (Phi) is 3.72. The van der Waals surface area contributed by atoms with E-state index >= 15 is 0 Å². The third-order valence-electron chi connectivity index (χ3n) is 5.20. The lowest BCUT2D eigenvalue weighted by molar-refractivity contribution is -0.163. The molecule has 1 spiro atoms. The smallest absolute Gasteiger partial charge is 0.167 e. The average Bonchev–Trinajstić information content (AvgIpc) is 2.71. The minimum atomic E-state index is -0.279. The number of aliphatic hydroxyl groups excluding tert-OH is 1. The van der Waals surface area contributed by atoms with Crippen LogP contribution in [0.5, 0.6) is 5.75 Å². The third kappa shape index (κ3) is 2.22. The molecular weight excluding hydrogens is 255 g/mol.